The number of nitrogens with zero attached hydrogens (tertiary/aromatic N) is 2. The molecule has 0 spiro atoms. The zero-order valence-corrected chi connectivity index (χ0v) is 14.6. The first kappa shape index (κ1) is 18.9. The number of carboxylic acids is 1. The summed E-state index contributed by atoms with van der Waals surface area (Å²) in [5, 5.41) is 8.85. The second kappa shape index (κ2) is 7.03. The minimum atomic E-state index is -4.70. The molecule has 6 nitrogen and oxygen atoms in total. The molecule has 0 bridgehead atoms. The van der Waals surface area contributed by atoms with Crippen molar-refractivity contribution >= 4 is 28.8 Å². The second-order valence-electron chi connectivity index (χ2n) is 5.63. The van der Waals surface area contributed by atoms with Crippen LogP contribution in [0.3, 0.4) is 0 Å². The van der Waals surface area contributed by atoms with Crippen molar-refractivity contribution in [3.63, 3.8) is 0 Å². The molecule has 0 saturated carbocycles. The van der Waals surface area contributed by atoms with Crippen molar-refractivity contribution in [3.05, 3.63) is 63.3 Å². The van der Waals surface area contributed by atoms with E-state index in [0.29, 0.717) is 4.90 Å². The molecule has 27 heavy (non-hydrogen) atoms. The van der Waals surface area contributed by atoms with Crippen LogP contribution in [0.15, 0.2) is 40.0 Å². The summed E-state index contributed by atoms with van der Waals surface area (Å²) >= 11 is 1.08. The topological polar surface area (TPSA) is 95.9 Å². The highest BCUT2D eigenvalue weighted by Crippen LogP contribution is 2.34. The van der Waals surface area contributed by atoms with Crippen molar-refractivity contribution in [1.29, 1.82) is 0 Å². The summed E-state index contributed by atoms with van der Waals surface area (Å²) in [5.74, 6) is -1.02. The summed E-state index contributed by atoms with van der Waals surface area (Å²) in [7, 11) is 0. The maximum absolute atomic E-state index is 13.4. The minimum absolute atomic E-state index is 0.0228. The molecule has 0 amide bonds. The molecule has 0 aliphatic heterocycles. The van der Waals surface area contributed by atoms with Crippen LogP contribution < -0.4 is 5.56 Å². The molecule has 3 aromatic rings. The van der Waals surface area contributed by atoms with Crippen LogP contribution in [-0.2, 0) is 11.9 Å². The van der Waals surface area contributed by atoms with Crippen LogP contribution in [0, 0.1) is 6.92 Å². The lowest BCUT2D eigenvalue weighted by molar-refractivity contribution is -0.141. The van der Waals surface area contributed by atoms with Gasteiger partial charge in [0.2, 0.25) is 0 Å². The number of fused-ring (bicyclic) bond motifs is 1. The lowest BCUT2D eigenvalue weighted by Crippen LogP contribution is -2.16. The van der Waals surface area contributed by atoms with E-state index in [0.717, 1.165) is 17.8 Å². The number of benzene rings is 1. The number of rotatable bonds is 4. The Morgan fingerprint density at radius 3 is 2.48 bits per heavy atom. The Morgan fingerprint density at radius 1 is 1.22 bits per heavy atom. The van der Waals surface area contributed by atoms with Crippen molar-refractivity contribution in [2.75, 3.05) is 0 Å². The number of aryl methyl sites for hydroxylation is 1. The number of aromatic amines is 1. The molecule has 0 aliphatic carbocycles. The minimum Gasteiger partial charge on any atom is -0.478 e. The van der Waals surface area contributed by atoms with Crippen molar-refractivity contribution in [1.82, 2.24) is 15.0 Å². The number of carboxylic acid groups (broad SMARTS) is 1. The number of nitrogens with one attached hydrogen (secondary N) is 1. The number of hydrogen-bond donors (Lipinski definition) is 2. The maximum Gasteiger partial charge on any atom is 0.433 e. The van der Waals surface area contributed by atoms with E-state index in [2.05, 4.69) is 15.0 Å². The SMILES string of the molecule is Cc1nc2nc(C(F)(F)F)c(CSc3ccc(C(=O)O)cc3)cc2c(=O)[nH]1. The molecule has 2 heterocycles. The summed E-state index contributed by atoms with van der Waals surface area (Å²) < 4.78 is 40.2. The average Bonchev–Trinajstić information content (AvgIpc) is 2.59. The summed E-state index contributed by atoms with van der Waals surface area (Å²) in [5.41, 5.74) is -1.99. The molecule has 0 atom stereocenters. The van der Waals surface area contributed by atoms with Gasteiger partial charge in [0.05, 0.1) is 10.9 Å². The molecule has 0 fully saturated rings. The van der Waals surface area contributed by atoms with Crippen LogP contribution in [0.1, 0.15) is 27.4 Å². The van der Waals surface area contributed by atoms with Gasteiger partial charge in [0.1, 0.15) is 5.82 Å². The zero-order chi connectivity index (χ0) is 19.8. The standard InChI is InChI=1S/C17H12F3N3O3S/c1-8-21-14-12(15(24)22-8)6-10(13(23-14)17(18,19)20)7-27-11-4-2-9(3-5-11)16(25)26/h2-6H,7H2,1H3,(H,25,26)(H,21,22,23,24). The third kappa shape index (κ3) is 4.11. The predicted molar refractivity (Wildman–Crippen MR) is 92.9 cm³/mol. The second-order valence-corrected chi connectivity index (χ2v) is 6.68. The number of H-pyrrole nitrogens is 1. The number of thioether (sulfide) groups is 1. The Kier molecular flexibility index (Phi) is 4.92. The average molecular weight is 395 g/mol. The van der Waals surface area contributed by atoms with Gasteiger partial charge in [-0.1, -0.05) is 0 Å². The van der Waals surface area contributed by atoms with Crippen LogP contribution in [0.5, 0.6) is 0 Å². The number of carbonyl (C=O) groups is 1. The van der Waals surface area contributed by atoms with E-state index in [-0.39, 0.29) is 33.7 Å². The quantitative estimate of drug-likeness (QED) is 0.655. The molecule has 10 heteroatoms. The highest BCUT2D eigenvalue weighted by atomic mass is 32.2. The van der Waals surface area contributed by atoms with Gasteiger partial charge in [-0.3, -0.25) is 4.79 Å². The van der Waals surface area contributed by atoms with Gasteiger partial charge in [-0.15, -0.1) is 11.8 Å². The monoisotopic (exact) mass is 395 g/mol. The Morgan fingerprint density at radius 2 is 1.89 bits per heavy atom. The highest BCUT2D eigenvalue weighted by Gasteiger charge is 2.36. The Labute approximate surface area is 154 Å². The van der Waals surface area contributed by atoms with Crippen LogP contribution >= 0.6 is 11.8 Å². The van der Waals surface area contributed by atoms with Crippen LogP contribution in [0.2, 0.25) is 0 Å². The number of halogens is 3. The molecule has 0 unspecified atom stereocenters. The lowest BCUT2D eigenvalue weighted by Gasteiger charge is -2.13. The van der Waals surface area contributed by atoms with Crippen molar-refractivity contribution < 1.29 is 23.1 Å². The normalized spacial score (nSPS) is 11.7. The van der Waals surface area contributed by atoms with Gasteiger partial charge < -0.3 is 10.1 Å². The fourth-order valence-electron chi connectivity index (χ4n) is 2.43. The molecule has 0 radical (unpaired) electrons. The van der Waals surface area contributed by atoms with E-state index in [9.17, 15) is 22.8 Å². The number of pyridine rings is 1. The summed E-state index contributed by atoms with van der Waals surface area (Å²) in [6.45, 7) is 1.46. The highest BCUT2D eigenvalue weighted by molar-refractivity contribution is 7.98. The van der Waals surface area contributed by atoms with Gasteiger partial charge in [0.15, 0.2) is 11.3 Å². The van der Waals surface area contributed by atoms with E-state index in [4.69, 9.17) is 5.11 Å². The summed E-state index contributed by atoms with van der Waals surface area (Å²) in [4.78, 5) is 33.3. The first-order valence-corrected chi connectivity index (χ1v) is 8.57. The Bertz CT molecular complexity index is 1080. The molecule has 0 saturated heterocycles. The van der Waals surface area contributed by atoms with Gasteiger partial charge in [0.25, 0.3) is 5.56 Å². The number of aromatic nitrogens is 3. The third-order valence-electron chi connectivity index (χ3n) is 3.66. The zero-order valence-electron chi connectivity index (χ0n) is 13.8. The van der Waals surface area contributed by atoms with Gasteiger partial charge in [-0.2, -0.15) is 13.2 Å². The predicted octanol–water partition coefficient (Wildman–Crippen LogP) is 3.64. The molecule has 2 N–H and O–H groups in total. The lowest BCUT2D eigenvalue weighted by atomic mass is 10.1. The van der Waals surface area contributed by atoms with Gasteiger partial charge in [0, 0.05) is 10.6 Å². The van der Waals surface area contributed by atoms with Crippen LogP contribution in [0.4, 0.5) is 13.2 Å². The van der Waals surface area contributed by atoms with Crippen LogP contribution in [-0.4, -0.2) is 26.0 Å². The van der Waals surface area contributed by atoms with Crippen LogP contribution in [0.25, 0.3) is 11.0 Å². The molecule has 1 aromatic carbocycles. The van der Waals surface area contributed by atoms with Crippen molar-refractivity contribution in [3.8, 4) is 0 Å². The fraction of sp³-hybridized carbons (Fsp3) is 0.176. The van der Waals surface area contributed by atoms with Gasteiger partial charge >= 0.3 is 12.1 Å². The Hall–Kier alpha value is -2.88. The summed E-state index contributed by atoms with van der Waals surface area (Å²) in [6, 6.07) is 6.90. The first-order chi connectivity index (χ1) is 12.6. The van der Waals surface area contributed by atoms with E-state index in [1.807, 2.05) is 0 Å². The Balaban J connectivity index is 1.99. The first-order valence-electron chi connectivity index (χ1n) is 7.59. The van der Waals surface area contributed by atoms with Gasteiger partial charge in [-0.25, -0.2) is 14.8 Å². The molecule has 2 aromatic heterocycles. The number of alkyl halides is 3. The van der Waals surface area contributed by atoms with E-state index >= 15 is 0 Å². The van der Waals surface area contributed by atoms with E-state index in [1.54, 1.807) is 0 Å². The number of hydrogen-bond acceptors (Lipinski definition) is 5. The molecule has 3 rings (SSSR count). The molecular weight excluding hydrogens is 383 g/mol. The van der Waals surface area contributed by atoms with Gasteiger partial charge in [-0.05, 0) is 42.8 Å². The largest absolute Gasteiger partial charge is 0.478 e. The maximum atomic E-state index is 13.4. The van der Waals surface area contributed by atoms with E-state index in [1.165, 1.54) is 31.2 Å². The number of aromatic carboxylic acids is 1. The molecule has 0 aliphatic rings. The van der Waals surface area contributed by atoms with Crippen molar-refractivity contribution in [2.24, 2.45) is 0 Å². The molecular formula is C17H12F3N3O3S. The smallest absolute Gasteiger partial charge is 0.433 e. The summed E-state index contributed by atoms with van der Waals surface area (Å²) in [6.07, 6.45) is -4.70. The molecule has 140 valence electrons. The third-order valence-corrected chi connectivity index (χ3v) is 4.72. The fourth-order valence-corrected chi connectivity index (χ4v) is 3.30. The van der Waals surface area contributed by atoms with E-state index < -0.39 is 23.4 Å². The van der Waals surface area contributed by atoms with Crippen molar-refractivity contribution in [2.45, 2.75) is 23.7 Å².